The quantitative estimate of drug-likeness (QED) is 0.473. The molecule has 3 nitrogen and oxygen atoms in total. The second-order valence-corrected chi connectivity index (χ2v) is 6.29. The predicted molar refractivity (Wildman–Crippen MR) is 65.5 cm³/mol. The fourth-order valence-electron chi connectivity index (χ4n) is 1.81. The van der Waals surface area contributed by atoms with Crippen molar-refractivity contribution >= 4 is 10.1 Å². The molecule has 1 aromatic carbocycles. The van der Waals surface area contributed by atoms with E-state index in [0.29, 0.717) is 11.1 Å². The lowest BCUT2D eigenvalue weighted by Gasteiger charge is -2.21. The van der Waals surface area contributed by atoms with Crippen molar-refractivity contribution in [3.63, 3.8) is 0 Å². The standard InChI is InChI=1S/C12H12F6O3S/c1-7-3-8(2)5-9(4-7)6-10(11(13,14)15)21-22(19,20)12(16,17)18/h3-5,10H,6H2,1-2H3/t10-/m0/s1. The molecule has 0 saturated carbocycles. The van der Waals surface area contributed by atoms with Gasteiger partial charge in [-0.2, -0.15) is 34.8 Å². The second-order valence-electron chi connectivity index (χ2n) is 4.73. The highest BCUT2D eigenvalue weighted by Crippen LogP contribution is 2.32. The van der Waals surface area contributed by atoms with Crippen LogP contribution < -0.4 is 0 Å². The molecule has 1 aromatic rings. The van der Waals surface area contributed by atoms with Crippen LogP contribution in [-0.4, -0.2) is 26.2 Å². The fraction of sp³-hybridized carbons (Fsp3) is 0.500. The first-order chi connectivity index (χ1) is 9.72. The van der Waals surface area contributed by atoms with Crippen LogP contribution in [0.5, 0.6) is 0 Å². The van der Waals surface area contributed by atoms with Gasteiger partial charge >= 0.3 is 21.8 Å². The lowest BCUT2D eigenvalue weighted by atomic mass is 10.0. The van der Waals surface area contributed by atoms with Gasteiger partial charge in [0.1, 0.15) is 0 Å². The Hall–Kier alpha value is -1.29. The third-order valence-electron chi connectivity index (χ3n) is 2.59. The zero-order chi connectivity index (χ0) is 17.3. The van der Waals surface area contributed by atoms with E-state index in [1.165, 1.54) is 12.1 Å². The van der Waals surface area contributed by atoms with Gasteiger partial charge in [0.2, 0.25) is 0 Å². The van der Waals surface area contributed by atoms with Gasteiger partial charge < -0.3 is 0 Å². The van der Waals surface area contributed by atoms with Crippen LogP contribution >= 0.6 is 0 Å². The van der Waals surface area contributed by atoms with Crippen molar-refractivity contribution in [3.05, 3.63) is 34.9 Å². The molecule has 0 spiro atoms. The Labute approximate surface area is 123 Å². The van der Waals surface area contributed by atoms with E-state index in [-0.39, 0.29) is 5.56 Å². The molecule has 10 heteroatoms. The van der Waals surface area contributed by atoms with Crippen molar-refractivity contribution in [1.29, 1.82) is 0 Å². The highest BCUT2D eigenvalue weighted by atomic mass is 32.2. The molecule has 0 radical (unpaired) electrons. The summed E-state index contributed by atoms with van der Waals surface area (Å²) in [5, 5.41) is 0. The van der Waals surface area contributed by atoms with Gasteiger partial charge in [-0.15, -0.1) is 0 Å². The van der Waals surface area contributed by atoms with Crippen LogP contribution in [0.4, 0.5) is 26.3 Å². The molecule has 0 N–H and O–H groups in total. The average molecular weight is 350 g/mol. The van der Waals surface area contributed by atoms with Crippen LogP contribution in [0.2, 0.25) is 0 Å². The maximum atomic E-state index is 12.8. The molecule has 0 saturated heterocycles. The Morgan fingerprint density at radius 2 is 1.45 bits per heavy atom. The molecule has 0 bridgehead atoms. The molecule has 0 aliphatic heterocycles. The van der Waals surface area contributed by atoms with Crippen molar-refractivity contribution in [1.82, 2.24) is 0 Å². The predicted octanol–water partition coefficient (Wildman–Crippen LogP) is 3.64. The molecule has 126 valence electrons. The number of aryl methyl sites for hydroxylation is 2. The van der Waals surface area contributed by atoms with Gasteiger partial charge in [0.05, 0.1) is 0 Å². The highest BCUT2D eigenvalue weighted by molar-refractivity contribution is 7.87. The topological polar surface area (TPSA) is 43.4 Å². The van der Waals surface area contributed by atoms with Gasteiger partial charge in [-0.3, -0.25) is 0 Å². The SMILES string of the molecule is Cc1cc(C)cc(C[C@H](OS(=O)(=O)C(F)(F)F)C(F)(F)F)c1. The van der Waals surface area contributed by atoms with Gasteiger partial charge in [0.25, 0.3) is 0 Å². The molecular weight excluding hydrogens is 338 g/mol. The third kappa shape index (κ3) is 4.87. The molecular formula is C12H12F6O3S. The summed E-state index contributed by atoms with van der Waals surface area (Å²) in [7, 11) is -6.34. The maximum Gasteiger partial charge on any atom is 0.523 e. The van der Waals surface area contributed by atoms with E-state index in [0.717, 1.165) is 0 Å². The minimum absolute atomic E-state index is 0.0252. The lowest BCUT2D eigenvalue weighted by Crippen LogP contribution is -2.39. The van der Waals surface area contributed by atoms with Crippen molar-refractivity contribution < 1.29 is 38.9 Å². The van der Waals surface area contributed by atoms with Crippen molar-refractivity contribution in [2.45, 2.75) is 38.1 Å². The first-order valence-corrected chi connectivity index (χ1v) is 7.26. The number of hydrogen-bond acceptors (Lipinski definition) is 3. The van der Waals surface area contributed by atoms with E-state index in [4.69, 9.17) is 0 Å². The summed E-state index contributed by atoms with van der Waals surface area (Å²) in [5.74, 6) is 0. The van der Waals surface area contributed by atoms with Gasteiger partial charge in [0, 0.05) is 6.42 Å². The fourth-order valence-corrected chi connectivity index (χ4v) is 2.40. The number of halogens is 6. The molecule has 0 fully saturated rings. The zero-order valence-electron chi connectivity index (χ0n) is 11.4. The summed E-state index contributed by atoms with van der Waals surface area (Å²) in [6.45, 7) is 3.18. The lowest BCUT2D eigenvalue weighted by molar-refractivity contribution is -0.196. The van der Waals surface area contributed by atoms with Crippen molar-refractivity contribution in [2.75, 3.05) is 0 Å². The van der Waals surface area contributed by atoms with Crippen molar-refractivity contribution in [3.8, 4) is 0 Å². The highest BCUT2D eigenvalue weighted by Gasteiger charge is 2.53. The molecule has 0 amide bonds. The minimum Gasteiger partial charge on any atom is -0.250 e. The van der Waals surface area contributed by atoms with Crippen LogP contribution in [-0.2, 0) is 20.7 Å². The van der Waals surface area contributed by atoms with E-state index in [2.05, 4.69) is 4.18 Å². The number of rotatable bonds is 4. The second kappa shape index (κ2) is 6.07. The van der Waals surface area contributed by atoms with Crippen LogP contribution in [0.1, 0.15) is 16.7 Å². The van der Waals surface area contributed by atoms with Crippen molar-refractivity contribution in [2.24, 2.45) is 0 Å². The summed E-state index contributed by atoms with van der Waals surface area (Å²) < 4.78 is 99.8. The Morgan fingerprint density at radius 1 is 1.00 bits per heavy atom. The van der Waals surface area contributed by atoms with E-state index < -0.39 is 34.3 Å². The number of benzene rings is 1. The van der Waals surface area contributed by atoms with Gasteiger partial charge in [-0.1, -0.05) is 29.3 Å². The maximum absolute atomic E-state index is 12.8. The first-order valence-electron chi connectivity index (χ1n) is 5.86. The third-order valence-corrected chi connectivity index (χ3v) is 3.65. The number of hydrogen-bond donors (Lipinski definition) is 0. The zero-order valence-corrected chi connectivity index (χ0v) is 12.2. The van der Waals surface area contributed by atoms with Crippen LogP contribution in [0, 0.1) is 13.8 Å². The van der Waals surface area contributed by atoms with Crippen LogP contribution in [0.25, 0.3) is 0 Å². The molecule has 0 aliphatic carbocycles. The van der Waals surface area contributed by atoms with E-state index >= 15 is 0 Å². The van der Waals surface area contributed by atoms with Crippen LogP contribution in [0.15, 0.2) is 18.2 Å². The van der Waals surface area contributed by atoms with Gasteiger partial charge in [0.15, 0.2) is 6.10 Å². The largest absolute Gasteiger partial charge is 0.523 e. The van der Waals surface area contributed by atoms with E-state index in [1.54, 1.807) is 19.9 Å². The smallest absolute Gasteiger partial charge is 0.250 e. The monoisotopic (exact) mass is 350 g/mol. The summed E-state index contributed by atoms with van der Waals surface area (Å²) in [6.07, 6.45) is -9.42. The normalized spacial score (nSPS) is 14.9. The van der Waals surface area contributed by atoms with E-state index in [1.807, 2.05) is 0 Å². The molecule has 0 aromatic heterocycles. The van der Waals surface area contributed by atoms with E-state index in [9.17, 15) is 34.8 Å². The molecule has 22 heavy (non-hydrogen) atoms. The van der Waals surface area contributed by atoms with Gasteiger partial charge in [-0.25, -0.2) is 4.18 Å². The molecule has 0 aliphatic rings. The number of alkyl halides is 6. The Bertz CT molecular complexity index is 613. The van der Waals surface area contributed by atoms with Gasteiger partial charge in [-0.05, 0) is 19.4 Å². The summed E-state index contributed by atoms with van der Waals surface area (Å²) >= 11 is 0. The van der Waals surface area contributed by atoms with Crippen LogP contribution in [0.3, 0.4) is 0 Å². The molecule has 0 unspecified atom stereocenters. The molecule has 1 atom stereocenters. The summed E-state index contributed by atoms with van der Waals surface area (Å²) in [5.41, 5.74) is -4.71. The minimum atomic E-state index is -6.34. The first kappa shape index (κ1) is 18.8. The molecule has 0 heterocycles. The molecule has 1 rings (SSSR count). The summed E-state index contributed by atoms with van der Waals surface area (Å²) in [4.78, 5) is 0. The Morgan fingerprint density at radius 3 is 1.82 bits per heavy atom. The Kier molecular flexibility index (Phi) is 5.18. The average Bonchev–Trinajstić information content (AvgIpc) is 2.23. The summed E-state index contributed by atoms with van der Waals surface area (Å²) in [6, 6.07) is 4.28. The Balaban J connectivity index is 3.11.